The van der Waals surface area contributed by atoms with Crippen LogP contribution in [0.5, 0.6) is 0 Å². The van der Waals surface area contributed by atoms with Crippen LogP contribution in [0.1, 0.15) is 17.8 Å². The number of hydrogen-bond acceptors (Lipinski definition) is 2. The minimum atomic E-state index is 0.466. The lowest BCUT2D eigenvalue weighted by atomic mass is 10.2. The number of halogens is 1. The van der Waals surface area contributed by atoms with E-state index in [1.54, 1.807) is 16.9 Å². The topological polar surface area (TPSA) is 3.24 Å². The van der Waals surface area contributed by atoms with Gasteiger partial charge in [-0.25, -0.2) is 0 Å². The molecule has 0 radical (unpaired) electrons. The Labute approximate surface area is 88.6 Å². The molecule has 0 aromatic carbocycles. The number of rotatable bonds is 4. The molecule has 0 aliphatic carbocycles. The van der Waals surface area contributed by atoms with Crippen molar-refractivity contribution in [3.63, 3.8) is 0 Å². The quantitative estimate of drug-likeness (QED) is 0.743. The van der Waals surface area contributed by atoms with Crippen molar-refractivity contribution in [2.45, 2.75) is 13.0 Å². The number of hydrogen-bond donors (Lipinski definition) is 0. The number of nitrogens with zero attached hydrogens (tertiary/aromatic N) is 1. The van der Waals surface area contributed by atoms with Gasteiger partial charge in [-0.15, -0.1) is 11.3 Å². The molecule has 0 aliphatic rings. The summed E-state index contributed by atoms with van der Waals surface area (Å²) in [5.41, 5.74) is 1.57. The van der Waals surface area contributed by atoms with E-state index in [0.717, 1.165) is 6.54 Å². The monoisotopic (exact) mass is 215 g/mol. The van der Waals surface area contributed by atoms with Crippen LogP contribution in [0.25, 0.3) is 0 Å². The standard InChI is InChI=1S/C10H14ClNS/c1-9(10-5-3-8-13-10)12(2)7-4-6-11/h3-6,8-9H,7H2,1-2H3/b6-4+. The molecule has 1 aromatic heterocycles. The van der Waals surface area contributed by atoms with Gasteiger partial charge in [0.2, 0.25) is 0 Å². The molecule has 0 amide bonds. The van der Waals surface area contributed by atoms with E-state index in [1.807, 2.05) is 6.08 Å². The van der Waals surface area contributed by atoms with Crippen LogP contribution in [0, 0.1) is 0 Å². The maximum Gasteiger partial charge on any atom is 0.0413 e. The molecule has 1 heterocycles. The molecule has 0 saturated carbocycles. The molecule has 0 aliphatic heterocycles. The zero-order valence-corrected chi connectivity index (χ0v) is 9.48. The summed E-state index contributed by atoms with van der Waals surface area (Å²) in [5, 5.41) is 2.11. The van der Waals surface area contributed by atoms with Gasteiger partial charge in [-0.2, -0.15) is 0 Å². The minimum absolute atomic E-state index is 0.466. The Morgan fingerprint density at radius 3 is 3.00 bits per heavy atom. The van der Waals surface area contributed by atoms with Crippen LogP contribution >= 0.6 is 22.9 Å². The van der Waals surface area contributed by atoms with Crippen molar-refractivity contribution in [1.29, 1.82) is 0 Å². The Bertz CT molecular complexity index is 256. The summed E-state index contributed by atoms with van der Waals surface area (Å²) < 4.78 is 0. The fourth-order valence-corrected chi connectivity index (χ4v) is 2.04. The number of likely N-dealkylation sites (N-methyl/N-ethyl adjacent to an activating group) is 1. The highest BCUT2D eigenvalue weighted by Gasteiger charge is 2.10. The lowest BCUT2D eigenvalue weighted by Crippen LogP contribution is -2.21. The van der Waals surface area contributed by atoms with Gasteiger partial charge in [-0.3, -0.25) is 4.90 Å². The van der Waals surface area contributed by atoms with Gasteiger partial charge >= 0.3 is 0 Å². The lowest BCUT2D eigenvalue weighted by Gasteiger charge is -2.21. The summed E-state index contributed by atoms with van der Waals surface area (Å²) in [7, 11) is 2.10. The molecule has 0 bridgehead atoms. The molecule has 1 rings (SSSR count). The molecule has 3 heteroatoms. The SMILES string of the molecule is CC(c1cccs1)N(C)C/C=C/Cl. The van der Waals surface area contributed by atoms with Crippen molar-refractivity contribution in [2.24, 2.45) is 0 Å². The summed E-state index contributed by atoms with van der Waals surface area (Å²) in [5.74, 6) is 0. The van der Waals surface area contributed by atoms with Crippen molar-refractivity contribution in [1.82, 2.24) is 4.90 Å². The molecule has 1 aromatic rings. The van der Waals surface area contributed by atoms with Crippen molar-refractivity contribution in [3.05, 3.63) is 34.0 Å². The van der Waals surface area contributed by atoms with Crippen LogP contribution < -0.4 is 0 Å². The summed E-state index contributed by atoms with van der Waals surface area (Å²) in [6.07, 6.45) is 1.95. The van der Waals surface area contributed by atoms with Crippen LogP contribution in [0.4, 0.5) is 0 Å². The fraction of sp³-hybridized carbons (Fsp3) is 0.400. The van der Waals surface area contributed by atoms with Gasteiger partial charge in [-0.05, 0) is 25.4 Å². The third-order valence-corrected chi connectivity index (χ3v) is 3.32. The fourth-order valence-electron chi connectivity index (χ4n) is 1.11. The normalized spacial score (nSPS) is 14.2. The second-order valence-corrected chi connectivity index (χ2v) is 4.22. The first-order valence-corrected chi connectivity index (χ1v) is 5.56. The Hall–Kier alpha value is -0.310. The molecule has 1 nitrogen and oxygen atoms in total. The van der Waals surface area contributed by atoms with Crippen LogP contribution in [0.2, 0.25) is 0 Å². The third-order valence-electron chi connectivity index (χ3n) is 2.10. The Kier molecular flexibility index (Phi) is 4.50. The first-order valence-electron chi connectivity index (χ1n) is 4.24. The van der Waals surface area contributed by atoms with Crippen molar-refractivity contribution < 1.29 is 0 Å². The Morgan fingerprint density at radius 1 is 1.69 bits per heavy atom. The van der Waals surface area contributed by atoms with Crippen LogP contribution in [0.3, 0.4) is 0 Å². The van der Waals surface area contributed by atoms with Gasteiger partial charge in [0, 0.05) is 23.0 Å². The lowest BCUT2D eigenvalue weighted by molar-refractivity contribution is 0.293. The highest BCUT2D eigenvalue weighted by molar-refractivity contribution is 7.10. The molecule has 0 spiro atoms. The van der Waals surface area contributed by atoms with E-state index in [4.69, 9.17) is 11.6 Å². The molecule has 0 N–H and O–H groups in total. The van der Waals surface area contributed by atoms with Gasteiger partial charge in [0.15, 0.2) is 0 Å². The maximum absolute atomic E-state index is 5.47. The summed E-state index contributed by atoms with van der Waals surface area (Å²) >= 11 is 7.26. The first kappa shape index (κ1) is 10.8. The predicted octanol–water partition coefficient (Wildman–Crippen LogP) is 3.49. The second kappa shape index (κ2) is 5.43. The van der Waals surface area contributed by atoms with Crippen molar-refractivity contribution in [2.75, 3.05) is 13.6 Å². The highest BCUT2D eigenvalue weighted by Crippen LogP contribution is 2.22. The number of thiophene rings is 1. The molecule has 1 atom stereocenters. The van der Waals surface area contributed by atoms with Gasteiger partial charge in [-0.1, -0.05) is 23.7 Å². The average molecular weight is 216 g/mol. The largest absolute Gasteiger partial charge is 0.295 e. The van der Waals surface area contributed by atoms with E-state index >= 15 is 0 Å². The van der Waals surface area contributed by atoms with Gasteiger partial charge < -0.3 is 0 Å². The predicted molar refractivity (Wildman–Crippen MR) is 60.4 cm³/mol. The molecule has 0 fully saturated rings. The molecular weight excluding hydrogens is 202 g/mol. The second-order valence-electron chi connectivity index (χ2n) is 2.99. The van der Waals surface area contributed by atoms with Gasteiger partial charge in [0.1, 0.15) is 0 Å². The minimum Gasteiger partial charge on any atom is -0.295 e. The van der Waals surface area contributed by atoms with E-state index in [0.29, 0.717) is 6.04 Å². The highest BCUT2D eigenvalue weighted by atomic mass is 35.5. The molecule has 13 heavy (non-hydrogen) atoms. The Morgan fingerprint density at radius 2 is 2.46 bits per heavy atom. The molecular formula is C10H14ClNS. The van der Waals surface area contributed by atoms with Crippen LogP contribution in [-0.2, 0) is 0 Å². The zero-order chi connectivity index (χ0) is 9.68. The smallest absolute Gasteiger partial charge is 0.0413 e. The van der Waals surface area contributed by atoms with E-state index in [1.165, 1.54) is 4.88 Å². The maximum atomic E-state index is 5.47. The van der Waals surface area contributed by atoms with E-state index in [-0.39, 0.29) is 0 Å². The average Bonchev–Trinajstić information content (AvgIpc) is 2.65. The van der Waals surface area contributed by atoms with Crippen molar-refractivity contribution >= 4 is 22.9 Å². The van der Waals surface area contributed by atoms with Gasteiger partial charge in [0.05, 0.1) is 0 Å². The van der Waals surface area contributed by atoms with E-state index in [2.05, 4.69) is 36.4 Å². The molecule has 1 unspecified atom stereocenters. The summed E-state index contributed by atoms with van der Waals surface area (Å²) in [6.45, 7) is 3.09. The van der Waals surface area contributed by atoms with Crippen molar-refractivity contribution in [3.8, 4) is 0 Å². The molecule has 0 saturated heterocycles. The van der Waals surface area contributed by atoms with Gasteiger partial charge in [0.25, 0.3) is 0 Å². The summed E-state index contributed by atoms with van der Waals surface area (Å²) in [6, 6.07) is 4.71. The first-order chi connectivity index (χ1) is 6.25. The Balaban J connectivity index is 2.52. The molecule has 72 valence electrons. The van der Waals surface area contributed by atoms with E-state index in [9.17, 15) is 0 Å². The third kappa shape index (κ3) is 3.14. The van der Waals surface area contributed by atoms with Crippen LogP contribution in [-0.4, -0.2) is 18.5 Å². The van der Waals surface area contributed by atoms with Crippen LogP contribution in [0.15, 0.2) is 29.1 Å². The zero-order valence-electron chi connectivity index (χ0n) is 7.90. The van der Waals surface area contributed by atoms with E-state index < -0.39 is 0 Å². The summed E-state index contributed by atoms with van der Waals surface area (Å²) in [4.78, 5) is 3.65.